The van der Waals surface area contributed by atoms with Crippen molar-refractivity contribution >= 4 is 27.2 Å². The Labute approximate surface area is 130 Å². The van der Waals surface area contributed by atoms with E-state index in [4.69, 9.17) is 18.0 Å². The maximum Gasteiger partial charge on any atom is 0.218 e. The number of benzene rings is 1. The first-order chi connectivity index (χ1) is 9.92. The minimum absolute atomic E-state index is 0.0307. The summed E-state index contributed by atoms with van der Waals surface area (Å²) in [6, 6.07) is 6.99. The Morgan fingerprint density at radius 2 is 2.24 bits per heavy atom. The average Bonchev–Trinajstić information content (AvgIpc) is 2.47. The molecule has 1 saturated heterocycles. The maximum absolute atomic E-state index is 12.5. The van der Waals surface area contributed by atoms with E-state index in [-0.39, 0.29) is 23.3 Å². The van der Waals surface area contributed by atoms with Crippen molar-refractivity contribution in [1.82, 2.24) is 4.31 Å². The lowest BCUT2D eigenvalue weighted by molar-refractivity contribution is 0.165. The zero-order valence-corrected chi connectivity index (χ0v) is 13.4. The van der Waals surface area contributed by atoms with Crippen molar-refractivity contribution in [2.24, 2.45) is 11.7 Å². The first-order valence-electron chi connectivity index (χ1n) is 6.90. The summed E-state index contributed by atoms with van der Waals surface area (Å²) >= 11 is 4.91. The summed E-state index contributed by atoms with van der Waals surface area (Å²) < 4.78 is 26.4. The second kappa shape index (κ2) is 6.83. The Balaban J connectivity index is 2.13. The Morgan fingerprint density at radius 3 is 2.90 bits per heavy atom. The lowest BCUT2D eigenvalue weighted by Crippen LogP contribution is -2.41. The van der Waals surface area contributed by atoms with Crippen LogP contribution in [0.1, 0.15) is 24.0 Å². The molecule has 3 N–H and O–H groups in total. The fourth-order valence-corrected chi connectivity index (χ4v) is 4.30. The topological polar surface area (TPSA) is 83.6 Å². The number of hydrogen-bond acceptors (Lipinski definition) is 4. The lowest BCUT2D eigenvalue weighted by Gasteiger charge is -2.31. The molecule has 0 spiro atoms. The molecule has 1 aromatic rings. The Bertz CT molecular complexity index is 616. The highest BCUT2D eigenvalue weighted by molar-refractivity contribution is 7.88. The van der Waals surface area contributed by atoms with Crippen molar-refractivity contribution in [3.63, 3.8) is 0 Å². The van der Waals surface area contributed by atoms with Gasteiger partial charge < -0.3 is 10.8 Å². The van der Waals surface area contributed by atoms with Gasteiger partial charge in [-0.1, -0.05) is 30.4 Å². The van der Waals surface area contributed by atoms with Crippen LogP contribution in [0.15, 0.2) is 24.3 Å². The van der Waals surface area contributed by atoms with Gasteiger partial charge in [0.15, 0.2) is 0 Å². The van der Waals surface area contributed by atoms with Gasteiger partial charge in [-0.2, -0.15) is 0 Å². The van der Waals surface area contributed by atoms with Crippen LogP contribution in [0.3, 0.4) is 0 Å². The predicted molar refractivity (Wildman–Crippen MR) is 86.3 cm³/mol. The summed E-state index contributed by atoms with van der Waals surface area (Å²) in [6.45, 7) is 0.949. The van der Waals surface area contributed by atoms with E-state index in [1.807, 2.05) is 0 Å². The van der Waals surface area contributed by atoms with Crippen molar-refractivity contribution < 1.29 is 13.5 Å². The zero-order chi connectivity index (χ0) is 15.5. The number of sulfonamides is 1. The van der Waals surface area contributed by atoms with Gasteiger partial charge in [0, 0.05) is 25.3 Å². The molecule has 0 aromatic heterocycles. The third kappa shape index (κ3) is 4.23. The fraction of sp³-hybridized carbons (Fsp3) is 0.500. The number of piperidine rings is 1. The number of nitrogens with zero attached hydrogens (tertiary/aromatic N) is 1. The van der Waals surface area contributed by atoms with Crippen LogP contribution in [0.5, 0.6) is 0 Å². The Hall–Kier alpha value is -1.02. The molecule has 21 heavy (non-hydrogen) atoms. The van der Waals surface area contributed by atoms with E-state index < -0.39 is 10.0 Å². The molecule has 1 aromatic carbocycles. The molecule has 1 aliphatic heterocycles. The standard InChI is InChI=1S/C14H20N2O3S2/c15-14(20)13-5-1-3-11(7-13)10-21(18,19)16-6-2-4-12(8-16)9-17/h1,3,5,7,12,17H,2,4,6,8-10H2,(H2,15,20). The largest absolute Gasteiger partial charge is 0.396 e. The molecule has 0 amide bonds. The zero-order valence-electron chi connectivity index (χ0n) is 11.7. The third-order valence-electron chi connectivity index (χ3n) is 3.69. The van der Waals surface area contributed by atoms with Crippen LogP contribution in [0, 0.1) is 5.92 Å². The molecule has 2 rings (SSSR count). The molecule has 0 saturated carbocycles. The minimum Gasteiger partial charge on any atom is -0.396 e. The summed E-state index contributed by atoms with van der Waals surface area (Å²) in [5.74, 6) is -0.0294. The summed E-state index contributed by atoms with van der Waals surface area (Å²) in [6.07, 6.45) is 1.66. The molecular formula is C14H20N2O3S2. The van der Waals surface area contributed by atoms with E-state index in [1.54, 1.807) is 24.3 Å². The SMILES string of the molecule is NC(=S)c1cccc(CS(=O)(=O)N2CCCC(CO)C2)c1. The van der Waals surface area contributed by atoms with Gasteiger partial charge in [0.05, 0.1) is 5.75 Å². The molecule has 1 heterocycles. The number of thiocarbonyl (C=S) groups is 1. The fourth-order valence-electron chi connectivity index (χ4n) is 2.54. The number of hydrogen-bond donors (Lipinski definition) is 2. The lowest BCUT2D eigenvalue weighted by atomic mass is 10.0. The van der Waals surface area contributed by atoms with E-state index >= 15 is 0 Å². The normalized spacial score (nSPS) is 20.3. The van der Waals surface area contributed by atoms with Crippen LogP contribution >= 0.6 is 12.2 Å². The van der Waals surface area contributed by atoms with Crippen molar-refractivity contribution in [1.29, 1.82) is 0 Å². The number of aliphatic hydroxyl groups is 1. The van der Waals surface area contributed by atoms with Crippen LogP contribution < -0.4 is 5.73 Å². The quantitative estimate of drug-likeness (QED) is 0.783. The average molecular weight is 328 g/mol. The van der Waals surface area contributed by atoms with Gasteiger partial charge in [0.25, 0.3) is 0 Å². The van der Waals surface area contributed by atoms with Crippen LogP contribution in [-0.2, 0) is 15.8 Å². The first-order valence-corrected chi connectivity index (χ1v) is 8.91. The summed E-state index contributed by atoms with van der Waals surface area (Å²) in [5.41, 5.74) is 6.91. The van der Waals surface area contributed by atoms with Crippen molar-refractivity contribution in [2.75, 3.05) is 19.7 Å². The first kappa shape index (κ1) is 16.4. The molecular weight excluding hydrogens is 308 g/mol. The van der Waals surface area contributed by atoms with E-state index in [2.05, 4.69) is 0 Å². The monoisotopic (exact) mass is 328 g/mol. The molecule has 7 heteroatoms. The van der Waals surface area contributed by atoms with E-state index in [0.29, 0.717) is 24.2 Å². The van der Waals surface area contributed by atoms with Crippen LogP contribution in [0.2, 0.25) is 0 Å². The van der Waals surface area contributed by atoms with Crippen molar-refractivity contribution in [3.05, 3.63) is 35.4 Å². The Kier molecular flexibility index (Phi) is 5.32. The van der Waals surface area contributed by atoms with Crippen LogP contribution in [0.4, 0.5) is 0 Å². The van der Waals surface area contributed by atoms with Gasteiger partial charge in [-0.15, -0.1) is 0 Å². The van der Waals surface area contributed by atoms with Gasteiger partial charge >= 0.3 is 0 Å². The van der Waals surface area contributed by atoms with E-state index in [9.17, 15) is 13.5 Å². The molecule has 1 atom stereocenters. The van der Waals surface area contributed by atoms with Gasteiger partial charge in [0.1, 0.15) is 4.99 Å². The van der Waals surface area contributed by atoms with Gasteiger partial charge in [0.2, 0.25) is 10.0 Å². The summed E-state index contributed by atoms with van der Waals surface area (Å²) in [4.78, 5) is 0.257. The Morgan fingerprint density at radius 1 is 1.48 bits per heavy atom. The molecule has 116 valence electrons. The van der Waals surface area contributed by atoms with Gasteiger partial charge in [-0.3, -0.25) is 0 Å². The molecule has 0 radical (unpaired) electrons. The van der Waals surface area contributed by atoms with Gasteiger partial charge in [-0.25, -0.2) is 12.7 Å². The third-order valence-corrected chi connectivity index (χ3v) is 5.75. The number of aliphatic hydroxyl groups excluding tert-OH is 1. The maximum atomic E-state index is 12.5. The van der Waals surface area contributed by atoms with Crippen molar-refractivity contribution in [3.8, 4) is 0 Å². The summed E-state index contributed by atoms with van der Waals surface area (Å²) in [5, 5.41) is 9.21. The molecule has 5 nitrogen and oxygen atoms in total. The van der Waals surface area contributed by atoms with Crippen molar-refractivity contribution in [2.45, 2.75) is 18.6 Å². The highest BCUT2D eigenvalue weighted by atomic mass is 32.2. The second-order valence-corrected chi connectivity index (χ2v) is 7.78. The molecule has 0 aliphatic carbocycles. The smallest absolute Gasteiger partial charge is 0.218 e. The number of nitrogens with two attached hydrogens (primary N) is 1. The van der Waals surface area contributed by atoms with Gasteiger partial charge in [-0.05, 0) is 30.4 Å². The molecule has 0 bridgehead atoms. The second-order valence-electron chi connectivity index (χ2n) is 5.37. The number of rotatable bonds is 5. The predicted octanol–water partition coefficient (Wildman–Crippen LogP) is 0.855. The summed E-state index contributed by atoms with van der Waals surface area (Å²) in [7, 11) is -3.38. The van der Waals surface area contributed by atoms with E-state index in [1.165, 1.54) is 4.31 Å². The minimum atomic E-state index is -3.38. The molecule has 1 unspecified atom stereocenters. The molecule has 1 fully saturated rings. The van der Waals surface area contributed by atoms with Crippen LogP contribution in [-0.4, -0.2) is 42.5 Å². The van der Waals surface area contributed by atoms with E-state index in [0.717, 1.165) is 12.8 Å². The molecule has 1 aliphatic rings. The highest BCUT2D eigenvalue weighted by Crippen LogP contribution is 2.21. The van der Waals surface area contributed by atoms with Crippen LogP contribution in [0.25, 0.3) is 0 Å². The highest BCUT2D eigenvalue weighted by Gasteiger charge is 2.28.